The largest absolute Gasteiger partial charge is 0.456 e. The van der Waals surface area contributed by atoms with Crippen LogP contribution in [0.4, 0.5) is 17.1 Å². The number of fused-ring (bicyclic) bond motifs is 7. The third-order valence-corrected chi connectivity index (χ3v) is 9.11. The molecule has 5 heteroatoms. The molecular formula is C43H26N2O3. The maximum absolute atomic E-state index is 6.39. The molecule has 0 atom stereocenters. The molecule has 0 aliphatic carbocycles. The fourth-order valence-corrected chi connectivity index (χ4v) is 6.85. The summed E-state index contributed by atoms with van der Waals surface area (Å²) in [5.74, 6) is 0.570. The Morgan fingerprint density at radius 2 is 1.00 bits per heavy atom. The van der Waals surface area contributed by atoms with Gasteiger partial charge in [0.15, 0.2) is 5.58 Å². The van der Waals surface area contributed by atoms with Crippen LogP contribution >= 0.6 is 0 Å². The van der Waals surface area contributed by atoms with Crippen molar-refractivity contribution in [3.05, 3.63) is 158 Å². The van der Waals surface area contributed by atoms with Crippen LogP contribution < -0.4 is 4.90 Å². The van der Waals surface area contributed by atoms with Gasteiger partial charge in [0.2, 0.25) is 5.89 Å². The van der Waals surface area contributed by atoms with E-state index in [0.29, 0.717) is 5.89 Å². The van der Waals surface area contributed by atoms with Crippen LogP contribution in [-0.2, 0) is 0 Å². The Kier molecular flexibility index (Phi) is 5.81. The van der Waals surface area contributed by atoms with Gasteiger partial charge in [-0.25, -0.2) is 4.98 Å². The third-order valence-electron chi connectivity index (χ3n) is 9.11. The van der Waals surface area contributed by atoms with Gasteiger partial charge >= 0.3 is 0 Å². The van der Waals surface area contributed by atoms with Crippen molar-refractivity contribution in [2.45, 2.75) is 0 Å². The second-order valence-electron chi connectivity index (χ2n) is 12.0. The predicted molar refractivity (Wildman–Crippen MR) is 194 cm³/mol. The highest BCUT2D eigenvalue weighted by Crippen LogP contribution is 2.43. The van der Waals surface area contributed by atoms with Gasteiger partial charge in [-0.3, -0.25) is 0 Å². The van der Waals surface area contributed by atoms with Gasteiger partial charge in [-0.15, -0.1) is 0 Å². The lowest BCUT2D eigenvalue weighted by molar-refractivity contribution is 0.620. The topological polar surface area (TPSA) is 55.6 Å². The molecule has 10 rings (SSSR count). The quantitative estimate of drug-likeness (QED) is 0.192. The van der Waals surface area contributed by atoms with E-state index in [0.717, 1.165) is 83.2 Å². The van der Waals surface area contributed by atoms with Crippen LogP contribution in [-0.4, -0.2) is 4.98 Å². The Morgan fingerprint density at radius 3 is 1.81 bits per heavy atom. The Hall–Kier alpha value is -6.59. The summed E-state index contributed by atoms with van der Waals surface area (Å²) in [5.41, 5.74) is 11.2. The molecule has 7 aromatic carbocycles. The zero-order chi connectivity index (χ0) is 31.6. The summed E-state index contributed by atoms with van der Waals surface area (Å²) in [7, 11) is 0. The van der Waals surface area contributed by atoms with E-state index in [1.165, 1.54) is 5.56 Å². The molecule has 0 unspecified atom stereocenters. The summed E-state index contributed by atoms with van der Waals surface area (Å²) in [4.78, 5) is 7.11. The molecule has 226 valence electrons. The molecule has 10 aromatic rings. The van der Waals surface area contributed by atoms with Gasteiger partial charge in [0, 0.05) is 44.2 Å². The molecular weight excluding hydrogens is 592 g/mol. The maximum Gasteiger partial charge on any atom is 0.228 e. The monoisotopic (exact) mass is 618 g/mol. The van der Waals surface area contributed by atoms with E-state index < -0.39 is 0 Å². The van der Waals surface area contributed by atoms with Crippen molar-refractivity contribution in [1.82, 2.24) is 4.98 Å². The van der Waals surface area contributed by atoms with Crippen molar-refractivity contribution in [2.24, 2.45) is 0 Å². The minimum Gasteiger partial charge on any atom is -0.456 e. The highest BCUT2D eigenvalue weighted by Gasteiger charge is 2.20. The van der Waals surface area contributed by atoms with Crippen molar-refractivity contribution in [2.75, 3.05) is 4.90 Å². The van der Waals surface area contributed by atoms with E-state index in [9.17, 15) is 0 Å². The first-order valence-corrected chi connectivity index (χ1v) is 15.9. The normalized spacial score (nSPS) is 11.8. The summed E-state index contributed by atoms with van der Waals surface area (Å²) in [6, 6.07) is 54.0. The number of benzene rings is 7. The lowest BCUT2D eigenvalue weighted by Gasteiger charge is -2.26. The summed E-state index contributed by atoms with van der Waals surface area (Å²) < 4.78 is 18.8. The number of hydrogen-bond acceptors (Lipinski definition) is 5. The van der Waals surface area contributed by atoms with Gasteiger partial charge in [-0.1, -0.05) is 78.9 Å². The number of nitrogens with zero attached hydrogens (tertiary/aromatic N) is 2. The fraction of sp³-hybridized carbons (Fsp3) is 0. The number of anilines is 3. The fourth-order valence-electron chi connectivity index (χ4n) is 6.85. The maximum atomic E-state index is 6.39. The van der Waals surface area contributed by atoms with Crippen molar-refractivity contribution in [1.29, 1.82) is 0 Å². The highest BCUT2D eigenvalue weighted by atomic mass is 16.4. The summed E-state index contributed by atoms with van der Waals surface area (Å²) in [6.45, 7) is 0. The van der Waals surface area contributed by atoms with E-state index in [2.05, 4.69) is 102 Å². The zero-order valence-electron chi connectivity index (χ0n) is 25.6. The van der Waals surface area contributed by atoms with E-state index >= 15 is 0 Å². The van der Waals surface area contributed by atoms with Crippen molar-refractivity contribution >= 4 is 72.0 Å². The van der Waals surface area contributed by atoms with Crippen LogP contribution in [0.25, 0.3) is 77.6 Å². The first kappa shape index (κ1) is 26.6. The van der Waals surface area contributed by atoms with Crippen LogP contribution in [0.1, 0.15) is 0 Å². The molecule has 0 radical (unpaired) electrons. The van der Waals surface area contributed by atoms with E-state index in [-0.39, 0.29) is 0 Å². The number of oxazole rings is 1. The zero-order valence-corrected chi connectivity index (χ0v) is 25.6. The van der Waals surface area contributed by atoms with Crippen molar-refractivity contribution in [3.63, 3.8) is 0 Å². The molecule has 3 aromatic heterocycles. The molecule has 0 fully saturated rings. The Balaban J connectivity index is 1.18. The summed E-state index contributed by atoms with van der Waals surface area (Å²) in [6.07, 6.45) is 0. The molecule has 0 spiro atoms. The number of hydrogen-bond donors (Lipinski definition) is 0. The van der Waals surface area contributed by atoms with Gasteiger partial charge < -0.3 is 18.2 Å². The second-order valence-corrected chi connectivity index (χ2v) is 12.0. The van der Waals surface area contributed by atoms with Crippen LogP contribution in [0.2, 0.25) is 0 Å². The minimum absolute atomic E-state index is 0.570. The first-order chi connectivity index (χ1) is 23.8. The lowest BCUT2D eigenvalue weighted by atomic mass is 10.0. The molecule has 3 heterocycles. The van der Waals surface area contributed by atoms with E-state index in [1.807, 2.05) is 60.7 Å². The van der Waals surface area contributed by atoms with Crippen molar-refractivity contribution < 1.29 is 13.3 Å². The number of aromatic nitrogens is 1. The second kappa shape index (κ2) is 10.5. The number of para-hydroxylation sites is 3. The standard InChI is InChI=1S/C43H26N2O3/c1-2-9-27(10-3-1)28-17-19-29(20-18-28)45(30-21-23-38-34(25-30)32-11-4-6-14-37(32)46-38)31-22-24-39-35(26-31)42-33(12-8-16-41(42)47-39)43-44-36-13-5-7-15-40(36)48-43/h1-26H. The molecule has 0 N–H and O–H groups in total. The molecule has 0 bridgehead atoms. The van der Waals surface area contributed by atoms with E-state index in [1.54, 1.807) is 0 Å². The van der Waals surface area contributed by atoms with Crippen LogP contribution in [0, 0.1) is 0 Å². The van der Waals surface area contributed by atoms with E-state index in [4.69, 9.17) is 18.2 Å². The average molecular weight is 619 g/mol. The highest BCUT2D eigenvalue weighted by molar-refractivity contribution is 6.13. The van der Waals surface area contributed by atoms with Gasteiger partial charge in [-0.2, -0.15) is 0 Å². The van der Waals surface area contributed by atoms with Crippen molar-refractivity contribution in [3.8, 4) is 22.6 Å². The van der Waals surface area contributed by atoms with Gasteiger partial charge in [0.1, 0.15) is 27.8 Å². The molecule has 0 saturated heterocycles. The van der Waals surface area contributed by atoms with Gasteiger partial charge in [-0.05, 0) is 90.0 Å². The van der Waals surface area contributed by atoms with Gasteiger partial charge in [0.05, 0.1) is 0 Å². The smallest absolute Gasteiger partial charge is 0.228 e. The SMILES string of the molecule is c1ccc(-c2ccc(N(c3ccc4oc5ccccc5c4c3)c3ccc4oc5cccc(-c6nc7ccccc7o6)c5c4c3)cc2)cc1. The molecule has 0 amide bonds. The lowest BCUT2D eigenvalue weighted by Crippen LogP contribution is -2.09. The Bertz CT molecular complexity index is 2760. The first-order valence-electron chi connectivity index (χ1n) is 15.9. The average Bonchev–Trinajstić information content (AvgIpc) is 3.85. The van der Waals surface area contributed by atoms with Gasteiger partial charge in [0.25, 0.3) is 0 Å². The molecule has 0 aliphatic heterocycles. The Labute approximate surface area is 274 Å². The number of rotatable bonds is 5. The Morgan fingerprint density at radius 1 is 0.396 bits per heavy atom. The third kappa shape index (κ3) is 4.22. The van der Waals surface area contributed by atoms with Crippen LogP contribution in [0.3, 0.4) is 0 Å². The molecule has 48 heavy (non-hydrogen) atoms. The minimum atomic E-state index is 0.570. The predicted octanol–water partition coefficient (Wildman–Crippen LogP) is 12.4. The molecule has 5 nitrogen and oxygen atoms in total. The summed E-state index contributed by atoms with van der Waals surface area (Å²) >= 11 is 0. The van der Waals surface area contributed by atoms with Crippen LogP contribution in [0.15, 0.2) is 171 Å². The molecule has 0 saturated carbocycles. The van der Waals surface area contributed by atoms with Crippen LogP contribution in [0.5, 0.6) is 0 Å². The molecule has 0 aliphatic rings. The summed E-state index contributed by atoms with van der Waals surface area (Å²) in [5, 5.41) is 4.12. The number of furan rings is 2.